The van der Waals surface area contributed by atoms with E-state index in [2.05, 4.69) is 15.3 Å². The standard InChI is InChI=1S/C24H25N5O5/c1-28-11-9-25-22(28)21(15-12-16(33-2)14-17(13-15)34-3)26-20(30)8-10-29-19-7-5-4-6-18(19)23(31)27-24(29)32/h4-7,9,11-14,21H,8,10H2,1-3H3,(H,26,30)(H,27,31,32). The number of amides is 1. The Hall–Kier alpha value is -4.34. The number of hydrogen-bond acceptors (Lipinski definition) is 6. The second-order valence-corrected chi connectivity index (χ2v) is 7.72. The van der Waals surface area contributed by atoms with E-state index in [4.69, 9.17) is 9.47 Å². The van der Waals surface area contributed by atoms with Crippen molar-refractivity contribution in [2.45, 2.75) is 19.0 Å². The van der Waals surface area contributed by atoms with E-state index < -0.39 is 17.3 Å². The van der Waals surface area contributed by atoms with E-state index in [9.17, 15) is 14.4 Å². The van der Waals surface area contributed by atoms with Crippen LogP contribution < -0.4 is 26.0 Å². The van der Waals surface area contributed by atoms with Crippen LogP contribution >= 0.6 is 0 Å². The van der Waals surface area contributed by atoms with Crippen LogP contribution in [0.3, 0.4) is 0 Å². The van der Waals surface area contributed by atoms with Gasteiger partial charge in [-0.25, -0.2) is 9.78 Å². The van der Waals surface area contributed by atoms with Crippen LogP contribution in [0.1, 0.15) is 23.9 Å². The molecule has 1 unspecified atom stereocenters. The Balaban J connectivity index is 1.62. The Morgan fingerprint density at radius 2 is 1.82 bits per heavy atom. The van der Waals surface area contributed by atoms with Gasteiger partial charge in [-0.05, 0) is 29.8 Å². The molecule has 2 heterocycles. The molecule has 2 aromatic carbocycles. The highest BCUT2D eigenvalue weighted by Crippen LogP contribution is 2.29. The van der Waals surface area contributed by atoms with Gasteiger partial charge in [0.2, 0.25) is 5.91 Å². The third kappa shape index (κ3) is 4.56. The molecule has 0 fully saturated rings. The Bertz CT molecular complexity index is 1430. The van der Waals surface area contributed by atoms with E-state index in [-0.39, 0.29) is 18.9 Å². The lowest BCUT2D eigenvalue weighted by molar-refractivity contribution is -0.121. The normalized spacial score (nSPS) is 11.9. The molecule has 4 rings (SSSR count). The molecule has 0 aliphatic rings. The van der Waals surface area contributed by atoms with Gasteiger partial charge in [0.15, 0.2) is 0 Å². The highest BCUT2D eigenvalue weighted by atomic mass is 16.5. The van der Waals surface area contributed by atoms with E-state index in [0.29, 0.717) is 28.2 Å². The van der Waals surface area contributed by atoms with Crippen molar-refractivity contribution < 1.29 is 14.3 Å². The largest absolute Gasteiger partial charge is 0.497 e. The Morgan fingerprint density at radius 1 is 1.12 bits per heavy atom. The van der Waals surface area contributed by atoms with Gasteiger partial charge in [0.25, 0.3) is 5.56 Å². The minimum Gasteiger partial charge on any atom is -0.497 e. The number of nitrogens with zero attached hydrogens (tertiary/aromatic N) is 3. The predicted octanol–water partition coefficient (Wildman–Crippen LogP) is 1.74. The maximum atomic E-state index is 13.0. The monoisotopic (exact) mass is 463 g/mol. The first-order chi connectivity index (χ1) is 16.4. The number of rotatable bonds is 8. The van der Waals surface area contributed by atoms with Crippen molar-refractivity contribution in [2.75, 3.05) is 14.2 Å². The number of H-pyrrole nitrogens is 1. The van der Waals surface area contributed by atoms with E-state index in [0.717, 1.165) is 5.56 Å². The molecule has 2 N–H and O–H groups in total. The van der Waals surface area contributed by atoms with Crippen LogP contribution in [0, 0.1) is 0 Å². The zero-order valence-corrected chi connectivity index (χ0v) is 19.1. The molecule has 34 heavy (non-hydrogen) atoms. The average molecular weight is 463 g/mol. The number of nitrogens with one attached hydrogen (secondary N) is 2. The van der Waals surface area contributed by atoms with Gasteiger partial charge in [-0.3, -0.25) is 19.1 Å². The summed E-state index contributed by atoms with van der Waals surface area (Å²) < 4.78 is 14.0. The Morgan fingerprint density at radius 3 is 2.47 bits per heavy atom. The van der Waals surface area contributed by atoms with Gasteiger partial charge in [0.1, 0.15) is 23.4 Å². The second kappa shape index (κ2) is 9.65. The number of benzene rings is 2. The van der Waals surface area contributed by atoms with Gasteiger partial charge in [-0.1, -0.05) is 12.1 Å². The summed E-state index contributed by atoms with van der Waals surface area (Å²) in [6, 6.07) is 11.6. The number of ether oxygens (including phenoxy) is 2. The van der Waals surface area contributed by atoms with Gasteiger partial charge < -0.3 is 19.4 Å². The summed E-state index contributed by atoms with van der Waals surface area (Å²) in [5.74, 6) is 1.48. The summed E-state index contributed by atoms with van der Waals surface area (Å²) >= 11 is 0. The molecule has 0 aliphatic heterocycles. The highest BCUT2D eigenvalue weighted by molar-refractivity contribution is 5.79. The molecule has 0 spiro atoms. The highest BCUT2D eigenvalue weighted by Gasteiger charge is 2.22. The fourth-order valence-corrected chi connectivity index (χ4v) is 3.86. The van der Waals surface area contributed by atoms with Crippen LogP contribution in [0.5, 0.6) is 11.5 Å². The molecule has 0 aliphatic carbocycles. The third-order valence-electron chi connectivity index (χ3n) is 5.60. The van der Waals surface area contributed by atoms with E-state index in [1.54, 1.807) is 56.9 Å². The molecule has 4 aromatic rings. The number of aromatic nitrogens is 4. The lowest BCUT2D eigenvalue weighted by Gasteiger charge is -2.21. The van der Waals surface area contributed by atoms with Crippen molar-refractivity contribution in [3.05, 3.63) is 87.1 Å². The van der Waals surface area contributed by atoms with Crippen molar-refractivity contribution in [3.8, 4) is 11.5 Å². The number of carbonyl (C=O) groups excluding carboxylic acids is 1. The second-order valence-electron chi connectivity index (χ2n) is 7.72. The van der Waals surface area contributed by atoms with Gasteiger partial charge in [0, 0.05) is 38.5 Å². The summed E-state index contributed by atoms with van der Waals surface area (Å²) in [6.45, 7) is 0.0939. The maximum Gasteiger partial charge on any atom is 0.328 e. The molecule has 2 aromatic heterocycles. The summed E-state index contributed by atoms with van der Waals surface area (Å²) in [5.41, 5.74) is 0.186. The molecule has 10 nitrogen and oxygen atoms in total. The molecule has 1 amide bonds. The molecular weight excluding hydrogens is 438 g/mol. The molecule has 0 radical (unpaired) electrons. The summed E-state index contributed by atoms with van der Waals surface area (Å²) in [4.78, 5) is 44.2. The minimum atomic E-state index is -0.583. The lowest BCUT2D eigenvalue weighted by atomic mass is 10.0. The fraction of sp³-hybridized carbons (Fsp3) is 0.250. The lowest BCUT2D eigenvalue weighted by Crippen LogP contribution is -2.34. The van der Waals surface area contributed by atoms with Gasteiger partial charge in [-0.2, -0.15) is 0 Å². The van der Waals surface area contributed by atoms with E-state index >= 15 is 0 Å². The number of aryl methyl sites for hydroxylation is 2. The quantitative estimate of drug-likeness (QED) is 0.411. The summed E-state index contributed by atoms with van der Waals surface area (Å²) in [5, 5.41) is 3.39. The Kier molecular flexibility index (Phi) is 6.48. The number of carbonyl (C=O) groups is 1. The maximum absolute atomic E-state index is 13.0. The van der Waals surface area contributed by atoms with Gasteiger partial charge in [-0.15, -0.1) is 0 Å². The van der Waals surface area contributed by atoms with Crippen molar-refractivity contribution in [3.63, 3.8) is 0 Å². The van der Waals surface area contributed by atoms with Crippen LogP contribution in [-0.2, 0) is 18.4 Å². The van der Waals surface area contributed by atoms with Gasteiger partial charge >= 0.3 is 5.69 Å². The minimum absolute atomic E-state index is 0.0119. The first kappa shape index (κ1) is 22.8. The van der Waals surface area contributed by atoms with Crippen LogP contribution in [-0.4, -0.2) is 39.2 Å². The molecule has 0 saturated heterocycles. The fourth-order valence-electron chi connectivity index (χ4n) is 3.86. The molecule has 0 bridgehead atoms. The van der Waals surface area contributed by atoms with Crippen LogP contribution in [0.2, 0.25) is 0 Å². The number of methoxy groups -OCH3 is 2. The SMILES string of the molecule is COc1cc(OC)cc(C(NC(=O)CCn2c(=O)[nH]c(=O)c3ccccc32)c2nccn2C)c1. The van der Waals surface area contributed by atoms with Gasteiger partial charge in [0.05, 0.1) is 25.1 Å². The number of imidazole rings is 1. The third-order valence-corrected chi connectivity index (χ3v) is 5.60. The van der Waals surface area contributed by atoms with E-state index in [1.165, 1.54) is 4.57 Å². The van der Waals surface area contributed by atoms with Crippen molar-refractivity contribution >= 4 is 16.8 Å². The van der Waals surface area contributed by atoms with Crippen LogP contribution in [0.25, 0.3) is 10.9 Å². The number of fused-ring (bicyclic) bond motifs is 1. The van der Waals surface area contributed by atoms with Crippen LogP contribution in [0.15, 0.2) is 64.4 Å². The average Bonchev–Trinajstić information content (AvgIpc) is 3.27. The smallest absolute Gasteiger partial charge is 0.328 e. The molecule has 10 heteroatoms. The Labute approximate surface area is 194 Å². The van der Waals surface area contributed by atoms with Crippen molar-refractivity contribution in [1.29, 1.82) is 0 Å². The summed E-state index contributed by atoms with van der Waals surface area (Å²) in [6.07, 6.45) is 3.45. The van der Waals surface area contributed by atoms with Crippen molar-refractivity contribution in [1.82, 2.24) is 24.4 Å². The molecule has 176 valence electrons. The first-order valence-corrected chi connectivity index (χ1v) is 10.6. The molecular formula is C24H25N5O5. The zero-order valence-electron chi connectivity index (χ0n) is 19.1. The zero-order chi connectivity index (χ0) is 24.2. The molecule has 1 atom stereocenters. The summed E-state index contributed by atoms with van der Waals surface area (Å²) in [7, 11) is 4.95. The topological polar surface area (TPSA) is 120 Å². The molecule has 0 saturated carbocycles. The van der Waals surface area contributed by atoms with Crippen molar-refractivity contribution in [2.24, 2.45) is 7.05 Å². The number of hydrogen-bond donors (Lipinski definition) is 2. The predicted molar refractivity (Wildman–Crippen MR) is 126 cm³/mol. The number of aromatic amines is 1. The number of para-hydroxylation sites is 1. The van der Waals surface area contributed by atoms with Crippen LogP contribution in [0.4, 0.5) is 0 Å². The van der Waals surface area contributed by atoms with E-state index in [1.807, 2.05) is 23.7 Å². The first-order valence-electron chi connectivity index (χ1n) is 10.6.